The van der Waals surface area contributed by atoms with Crippen molar-refractivity contribution in [1.82, 2.24) is 4.90 Å². The lowest BCUT2D eigenvalue weighted by Crippen LogP contribution is -2.47. The molecule has 4 nitrogen and oxygen atoms in total. The van der Waals surface area contributed by atoms with E-state index in [1.807, 2.05) is 24.3 Å². The van der Waals surface area contributed by atoms with Crippen molar-refractivity contribution in [3.8, 4) is 0 Å². The molecule has 110 valence electrons. The number of para-hydroxylation sites is 1. The first kappa shape index (κ1) is 14.7. The summed E-state index contributed by atoms with van der Waals surface area (Å²) in [5.41, 5.74) is 2.00. The number of nitrogens with zero attached hydrogens (tertiary/aromatic N) is 1. The minimum absolute atomic E-state index is 0.0665. The number of nitrogens with one attached hydrogen (secondary N) is 1. The van der Waals surface area contributed by atoms with Crippen molar-refractivity contribution < 1.29 is 18.7 Å². The van der Waals surface area contributed by atoms with Gasteiger partial charge in [0.2, 0.25) is 5.91 Å². The summed E-state index contributed by atoms with van der Waals surface area (Å²) in [5, 5.41) is 12.0. The number of alkyl halides is 2. The monoisotopic (exact) mass is 284 g/mol. The zero-order chi connectivity index (χ0) is 14.5. The minimum atomic E-state index is -2.60. The standard InChI is InChI=1S/C14H18F2N2O2/c15-13(16)9-18(7-8-19)14(20)12-6-5-10-3-1-2-4-11(10)17-12/h1-4,12-13,17,19H,5-9H2. The molecule has 0 saturated heterocycles. The summed E-state index contributed by atoms with van der Waals surface area (Å²) in [6.45, 7) is -1.02. The summed E-state index contributed by atoms with van der Waals surface area (Å²) in [6, 6.07) is 7.14. The number of carbonyl (C=O) groups excluding carboxylic acids is 1. The van der Waals surface area contributed by atoms with Crippen molar-refractivity contribution in [2.45, 2.75) is 25.3 Å². The van der Waals surface area contributed by atoms with Gasteiger partial charge < -0.3 is 15.3 Å². The van der Waals surface area contributed by atoms with Crippen molar-refractivity contribution in [3.63, 3.8) is 0 Å². The van der Waals surface area contributed by atoms with E-state index in [4.69, 9.17) is 5.11 Å². The third-order valence-corrected chi connectivity index (χ3v) is 3.39. The first-order valence-electron chi connectivity index (χ1n) is 6.64. The smallest absolute Gasteiger partial charge is 0.255 e. The zero-order valence-corrected chi connectivity index (χ0v) is 11.1. The molecule has 1 atom stereocenters. The number of benzene rings is 1. The molecule has 6 heteroatoms. The first-order chi connectivity index (χ1) is 9.61. The van der Waals surface area contributed by atoms with Crippen LogP contribution < -0.4 is 5.32 Å². The van der Waals surface area contributed by atoms with Gasteiger partial charge in [0.1, 0.15) is 6.04 Å². The third-order valence-electron chi connectivity index (χ3n) is 3.39. The van der Waals surface area contributed by atoms with Crippen molar-refractivity contribution in [3.05, 3.63) is 29.8 Å². The van der Waals surface area contributed by atoms with Gasteiger partial charge in [0.25, 0.3) is 6.43 Å². The average molecular weight is 284 g/mol. The summed E-state index contributed by atoms with van der Waals surface area (Å²) >= 11 is 0. The second kappa shape index (κ2) is 6.65. The van der Waals surface area contributed by atoms with Crippen LogP contribution in [0.3, 0.4) is 0 Å². The lowest BCUT2D eigenvalue weighted by atomic mass is 9.97. The Kier molecular flexibility index (Phi) is 4.89. The highest BCUT2D eigenvalue weighted by Crippen LogP contribution is 2.25. The van der Waals surface area contributed by atoms with E-state index in [9.17, 15) is 13.6 Å². The van der Waals surface area contributed by atoms with Gasteiger partial charge in [-0.1, -0.05) is 18.2 Å². The molecule has 1 unspecified atom stereocenters. The summed E-state index contributed by atoms with van der Waals surface area (Å²) in [5.74, 6) is -0.381. The van der Waals surface area contributed by atoms with Gasteiger partial charge in [0, 0.05) is 12.2 Å². The van der Waals surface area contributed by atoms with Crippen LogP contribution in [0, 0.1) is 0 Å². The maximum atomic E-state index is 12.5. The maximum Gasteiger partial charge on any atom is 0.255 e. The number of aryl methyl sites for hydroxylation is 1. The van der Waals surface area contributed by atoms with Crippen molar-refractivity contribution in [1.29, 1.82) is 0 Å². The van der Waals surface area contributed by atoms with Crippen LogP contribution in [0.4, 0.5) is 14.5 Å². The van der Waals surface area contributed by atoms with Gasteiger partial charge in [0.05, 0.1) is 13.2 Å². The molecule has 0 bridgehead atoms. The molecule has 0 aliphatic carbocycles. The zero-order valence-electron chi connectivity index (χ0n) is 11.1. The number of anilines is 1. The highest BCUT2D eigenvalue weighted by atomic mass is 19.3. The number of halogens is 2. The molecule has 2 N–H and O–H groups in total. The van der Waals surface area contributed by atoms with Gasteiger partial charge in [-0.15, -0.1) is 0 Å². The molecule has 20 heavy (non-hydrogen) atoms. The minimum Gasteiger partial charge on any atom is -0.395 e. The normalized spacial score (nSPS) is 17.5. The van der Waals surface area contributed by atoms with Crippen molar-refractivity contribution >= 4 is 11.6 Å². The van der Waals surface area contributed by atoms with E-state index in [0.717, 1.165) is 22.6 Å². The molecular formula is C14H18F2N2O2. The molecule has 0 saturated carbocycles. The molecule has 1 heterocycles. The second-order valence-corrected chi connectivity index (χ2v) is 4.79. The van der Waals surface area contributed by atoms with Crippen LogP contribution in [0.15, 0.2) is 24.3 Å². The van der Waals surface area contributed by atoms with E-state index in [0.29, 0.717) is 6.42 Å². The van der Waals surface area contributed by atoms with Crippen molar-refractivity contribution in [2.75, 3.05) is 25.0 Å². The molecular weight excluding hydrogens is 266 g/mol. The Morgan fingerprint density at radius 1 is 1.45 bits per heavy atom. The van der Waals surface area contributed by atoms with Crippen LogP contribution in [0.5, 0.6) is 0 Å². The Labute approximate surface area is 116 Å². The van der Waals surface area contributed by atoms with Gasteiger partial charge in [-0.3, -0.25) is 4.79 Å². The Morgan fingerprint density at radius 3 is 2.90 bits per heavy atom. The van der Waals surface area contributed by atoms with Gasteiger partial charge in [-0.25, -0.2) is 8.78 Å². The predicted octanol–water partition coefficient (Wildman–Crippen LogP) is 1.50. The Hall–Kier alpha value is -1.69. The number of amides is 1. The fourth-order valence-electron chi connectivity index (χ4n) is 2.42. The summed E-state index contributed by atoms with van der Waals surface area (Å²) in [7, 11) is 0. The number of fused-ring (bicyclic) bond motifs is 1. The molecule has 0 radical (unpaired) electrons. The fourth-order valence-corrected chi connectivity index (χ4v) is 2.42. The quantitative estimate of drug-likeness (QED) is 0.861. The number of hydrogen-bond donors (Lipinski definition) is 2. The second-order valence-electron chi connectivity index (χ2n) is 4.79. The molecule has 1 aromatic carbocycles. The van der Waals surface area contributed by atoms with Crippen LogP contribution in [0.1, 0.15) is 12.0 Å². The Balaban J connectivity index is 2.05. The number of hydrogen-bond acceptors (Lipinski definition) is 3. The van der Waals surface area contributed by atoms with Crippen LogP contribution in [0.2, 0.25) is 0 Å². The molecule has 0 spiro atoms. The Morgan fingerprint density at radius 2 is 2.20 bits per heavy atom. The molecule has 0 fully saturated rings. The first-order valence-corrected chi connectivity index (χ1v) is 6.64. The van der Waals surface area contributed by atoms with Crippen LogP contribution in [-0.2, 0) is 11.2 Å². The van der Waals surface area contributed by atoms with Crippen LogP contribution in [0.25, 0.3) is 0 Å². The fraction of sp³-hybridized carbons (Fsp3) is 0.500. The van der Waals surface area contributed by atoms with E-state index < -0.39 is 19.0 Å². The Bertz CT molecular complexity index is 468. The molecule has 0 aromatic heterocycles. The van der Waals surface area contributed by atoms with Gasteiger partial charge >= 0.3 is 0 Å². The highest BCUT2D eigenvalue weighted by Gasteiger charge is 2.28. The molecule has 1 aliphatic rings. The topological polar surface area (TPSA) is 52.6 Å². The highest BCUT2D eigenvalue weighted by molar-refractivity contribution is 5.85. The maximum absolute atomic E-state index is 12.5. The number of aliphatic hydroxyl groups excluding tert-OH is 1. The lowest BCUT2D eigenvalue weighted by Gasteiger charge is -2.31. The third kappa shape index (κ3) is 3.45. The van der Waals surface area contributed by atoms with E-state index in [1.165, 1.54) is 0 Å². The predicted molar refractivity (Wildman–Crippen MR) is 71.8 cm³/mol. The average Bonchev–Trinajstić information content (AvgIpc) is 2.45. The summed E-state index contributed by atoms with van der Waals surface area (Å²) in [6.07, 6.45) is -1.29. The number of rotatable bonds is 5. The van der Waals surface area contributed by atoms with Crippen LogP contribution >= 0.6 is 0 Å². The summed E-state index contributed by atoms with van der Waals surface area (Å²) < 4.78 is 25.0. The lowest BCUT2D eigenvalue weighted by molar-refractivity contribution is -0.134. The molecule has 1 aromatic rings. The van der Waals surface area contributed by atoms with Gasteiger partial charge in [-0.2, -0.15) is 0 Å². The van der Waals surface area contributed by atoms with E-state index in [1.54, 1.807) is 0 Å². The molecule has 2 rings (SSSR count). The van der Waals surface area contributed by atoms with E-state index >= 15 is 0 Å². The largest absolute Gasteiger partial charge is 0.395 e. The SMILES string of the molecule is O=C(C1CCc2ccccc2N1)N(CCO)CC(F)F. The van der Waals surface area contributed by atoms with E-state index in [-0.39, 0.29) is 19.1 Å². The van der Waals surface area contributed by atoms with Crippen LogP contribution in [-0.4, -0.2) is 48.1 Å². The summed E-state index contributed by atoms with van der Waals surface area (Å²) in [4.78, 5) is 13.3. The number of aliphatic hydroxyl groups is 1. The molecule has 1 aliphatic heterocycles. The van der Waals surface area contributed by atoms with Gasteiger partial charge in [0.15, 0.2) is 0 Å². The number of carbonyl (C=O) groups is 1. The van der Waals surface area contributed by atoms with E-state index in [2.05, 4.69) is 5.32 Å². The van der Waals surface area contributed by atoms with Crippen molar-refractivity contribution in [2.24, 2.45) is 0 Å². The molecule has 1 amide bonds. The van der Waals surface area contributed by atoms with Gasteiger partial charge in [-0.05, 0) is 24.5 Å².